The lowest BCUT2D eigenvalue weighted by Crippen LogP contribution is -2.44. The number of rotatable bonds is 4. The van der Waals surface area contributed by atoms with Gasteiger partial charge in [-0.3, -0.25) is 4.79 Å². The Morgan fingerprint density at radius 1 is 1.36 bits per heavy atom. The van der Waals surface area contributed by atoms with Crippen molar-refractivity contribution < 1.29 is 9.53 Å². The molecule has 1 amide bonds. The lowest BCUT2D eigenvalue weighted by Gasteiger charge is -2.33. The third kappa shape index (κ3) is 3.98. The number of nitrogens with zero attached hydrogens (tertiary/aromatic N) is 3. The van der Waals surface area contributed by atoms with Gasteiger partial charge in [0.15, 0.2) is 6.10 Å². The van der Waals surface area contributed by atoms with E-state index < -0.39 is 6.10 Å². The lowest BCUT2D eigenvalue weighted by atomic mass is 9.95. The Hall–Kier alpha value is -2.01. The number of benzene rings is 1. The summed E-state index contributed by atoms with van der Waals surface area (Å²) in [6, 6.07) is 5.43. The Morgan fingerprint density at radius 3 is 2.68 bits per heavy atom. The quantitative estimate of drug-likeness (QED) is 0.836. The molecule has 3 rings (SSSR count). The first-order valence-electron chi connectivity index (χ1n) is 8.64. The predicted octanol–water partition coefficient (Wildman–Crippen LogP) is 3.56. The van der Waals surface area contributed by atoms with Crippen molar-refractivity contribution in [2.45, 2.75) is 38.7 Å². The van der Waals surface area contributed by atoms with Gasteiger partial charge in [-0.1, -0.05) is 11.6 Å². The molecule has 1 aromatic carbocycles. The van der Waals surface area contributed by atoms with E-state index in [-0.39, 0.29) is 5.91 Å². The van der Waals surface area contributed by atoms with Crippen molar-refractivity contribution in [1.82, 2.24) is 14.5 Å². The minimum Gasteiger partial charge on any atom is -0.481 e. The molecule has 5 nitrogen and oxygen atoms in total. The number of amides is 1. The molecule has 1 aliphatic rings. The van der Waals surface area contributed by atoms with Crippen molar-refractivity contribution in [1.29, 1.82) is 0 Å². The van der Waals surface area contributed by atoms with Gasteiger partial charge in [0, 0.05) is 43.5 Å². The lowest BCUT2D eigenvalue weighted by molar-refractivity contribution is -0.139. The molecule has 1 aliphatic heterocycles. The van der Waals surface area contributed by atoms with Crippen molar-refractivity contribution in [2.24, 2.45) is 7.05 Å². The van der Waals surface area contributed by atoms with Gasteiger partial charge in [0.1, 0.15) is 11.6 Å². The van der Waals surface area contributed by atoms with Crippen LogP contribution in [0.1, 0.15) is 37.1 Å². The maximum atomic E-state index is 12.7. The fourth-order valence-electron chi connectivity index (χ4n) is 3.37. The number of ether oxygens (including phenoxy) is 1. The minimum atomic E-state index is -0.510. The standard InChI is InChI=1S/C19H24ClN3O2/c1-13-12-16(20)4-5-17(13)25-14(2)19(24)23-9-6-15(7-10-23)18-21-8-11-22(18)3/h4-5,8,11-12,14-15H,6-7,9-10H2,1-3H3. The number of likely N-dealkylation sites (tertiary alicyclic amines) is 1. The van der Waals surface area contributed by atoms with Gasteiger partial charge in [-0.25, -0.2) is 4.98 Å². The number of piperidine rings is 1. The third-order valence-corrected chi connectivity index (χ3v) is 5.05. The maximum absolute atomic E-state index is 12.7. The van der Waals surface area contributed by atoms with Crippen LogP contribution in [0.5, 0.6) is 5.75 Å². The van der Waals surface area contributed by atoms with Gasteiger partial charge in [0.25, 0.3) is 5.91 Å². The van der Waals surface area contributed by atoms with Crippen LogP contribution < -0.4 is 4.74 Å². The molecule has 6 heteroatoms. The summed E-state index contributed by atoms with van der Waals surface area (Å²) in [6.07, 6.45) is 5.16. The second-order valence-corrected chi connectivity index (χ2v) is 7.10. The highest BCUT2D eigenvalue weighted by Crippen LogP contribution is 2.28. The number of aryl methyl sites for hydroxylation is 2. The summed E-state index contributed by atoms with van der Waals surface area (Å²) in [5, 5.41) is 0.667. The maximum Gasteiger partial charge on any atom is 0.263 e. The van der Waals surface area contributed by atoms with Crippen LogP contribution in [0.25, 0.3) is 0 Å². The monoisotopic (exact) mass is 361 g/mol. The molecular formula is C19H24ClN3O2. The summed E-state index contributed by atoms with van der Waals surface area (Å²) in [4.78, 5) is 19.0. The number of carbonyl (C=O) groups excluding carboxylic acids is 1. The zero-order valence-corrected chi connectivity index (χ0v) is 15.7. The number of halogens is 1. The molecule has 1 fully saturated rings. The van der Waals surface area contributed by atoms with E-state index in [1.807, 2.05) is 43.4 Å². The zero-order chi connectivity index (χ0) is 18.0. The molecule has 1 aromatic heterocycles. The van der Waals surface area contributed by atoms with E-state index in [0.717, 1.165) is 37.3 Å². The molecule has 0 radical (unpaired) electrons. The van der Waals surface area contributed by atoms with Crippen molar-refractivity contribution in [3.8, 4) is 5.75 Å². The van der Waals surface area contributed by atoms with Gasteiger partial charge < -0.3 is 14.2 Å². The Labute approximate surface area is 153 Å². The fraction of sp³-hybridized carbons (Fsp3) is 0.474. The molecular weight excluding hydrogens is 338 g/mol. The summed E-state index contributed by atoms with van der Waals surface area (Å²) in [6.45, 7) is 5.21. The smallest absolute Gasteiger partial charge is 0.263 e. The average Bonchev–Trinajstić information content (AvgIpc) is 3.03. The molecule has 134 valence electrons. The largest absolute Gasteiger partial charge is 0.481 e. The second kappa shape index (κ2) is 7.48. The number of hydrogen-bond acceptors (Lipinski definition) is 3. The van der Waals surface area contributed by atoms with E-state index in [1.54, 1.807) is 13.0 Å². The average molecular weight is 362 g/mol. The fourth-order valence-corrected chi connectivity index (χ4v) is 3.60. The van der Waals surface area contributed by atoms with E-state index in [2.05, 4.69) is 9.55 Å². The number of hydrogen-bond donors (Lipinski definition) is 0. The van der Waals surface area contributed by atoms with Crippen LogP contribution in [-0.2, 0) is 11.8 Å². The molecule has 1 unspecified atom stereocenters. The van der Waals surface area contributed by atoms with Crippen LogP contribution in [0.3, 0.4) is 0 Å². The number of imidazole rings is 1. The Bertz CT molecular complexity index is 751. The van der Waals surface area contributed by atoms with Crippen LogP contribution in [0, 0.1) is 6.92 Å². The summed E-state index contributed by atoms with van der Waals surface area (Å²) >= 11 is 5.97. The molecule has 0 saturated carbocycles. The van der Waals surface area contributed by atoms with E-state index in [1.165, 1.54) is 0 Å². The van der Waals surface area contributed by atoms with Crippen LogP contribution in [-0.4, -0.2) is 39.6 Å². The third-order valence-electron chi connectivity index (χ3n) is 4.82. The Balaban J connectivity index is 1.57. The summed E-state index contributed by atoms with van der Waals surface area (Å²) in [7, 11) is 2.02. The van der Waals surface area contributed by atoms with Gasteiger partial charge in [-0.05, 0) is 50.5 Å². The van der Waals surface area contributed by atoms with Crippen LogP contribution in [0.4, 0.5) is 0 Å². The molecule has 0 spiro atoms. The van der Waals surface area contributed by atoms with E-state index in [9.17, 15) is 4.79 Å². The normalized spacial score (nSPS) is 16.7. The predicted molar refractivity (Wildman–Crippen MR) is 98.0 cm³/mol. The highest BCUT2D eigenvalue weighted by molar-refractivity contribution is 6.30. The molecule has 25 heavy (non-hydrogen) atoms. The second-order valence-electron chi connectivity index (χ2n) is 6.67. The number of aromatic nitrogens is 2. The Morgan fingerprint density at radius 2 is 2.08 bits per heavy atom. The van der Waals surface area contributed by atoms with Crippen molar-refractivity contribution in [2.75, 3.05) is 13.1 Å². The molecule has 1 atom stereocenters. The highest BCUT2D eigenvalue weighted by Gasteiger charge is 2.29. The van der Waals surface area contributed by atoms with Gasteiger partial charge in [-0.15, -0.1) is 0 Å². The van der Waals surface area contributed by atoms with Gasteiger partial charge in [0.05, 0.1) is 0 Å². The first-order valence-corrected chi connectivity index (χ1v) is 9.02. The topological polar surface area (TPSA) is 47.4 Å². The minimum absolute atomic E-state index is 0.0349. The van der Waals surface area contributed by atoms with E-state index in [0.29, 0.717) is 16.7 Å². The number of carbonyl (C=O) groups is 1. The zero-order valence-electron chi connectivity index (χ0n) is 14.9. The van der Waals surface area contributed by atoms with Crippen molar-refractivity contribution >= 4 is 17.5 Å². The summed E-state index contributed by atoms with van der Waals surface area (Å²) in [5.41, 5.74) is 0.931. The Kier molecular flexibility index (Phi) is 5.33. The van der Waals surface area contributed by atoms with Crippen LogP contribution in [0.2, 0.25) is 5.02 Å². The highest BCUT2D eigenvalue weighted by atomic mass is 35.5. The SMILES string of the molecule is Cc1cc(Cl)ccc1OC(C)C(=O)N1CCC(c2nccn2C)CC1. The van der Waals surface area contributed by atoms with Gasteiger partial charge in [0.2, 0.25) is 0 Å². The van der Waals surface area contributed by atoms with Crippen LogP contribution in [0.15, 0.2) is 30.6 Å². The first kappa shape index (κ1) is 17.8. The summed E-state index contributed by atoms with van der Waals surface area (Å²) < 4.78 is 7.93. The molecule has 2 aromatic rings. The van der Waals surface area contributed by atoms with Crippen LogP contribution >= 0.6 is 11.6 Å². The van der Waals surface area contributed by atoms with Gasteiger partial charge in [-0.2, -0.15) is 0 Å². The first-order chi connectivity index (χ1) is 12.0. The molecule has 2 heterocycles. The van der Waals surface area contributed by atoms with E-state index in [4.69, 9.17) is 16.3 Å². The summed E-state index contributed by atoms with van der Waals surface area (Å²) in [5.74, 6) is 2.26. The molecule has 0 aliphatic carbocycles. The van der Waals surface area contributed by atoms with Gasteiger partial charge >= 0.3 is 0 Å². The molecule has 0 bridgehead atoms. The molecule has 1 saturated heterocycles. The van der Waals surface area contributed by atoms with E-state index >= 15 is 0 Å². The van der Waals surface area contributed by atoms with Crippen molar-refractivity contribution in [3.63, 3.8) is 0 Å². The molecule has 0 N–H and O–H groups in total. The van der Waals surface area contributed by atoms with Crippen molar-refractivity contribution in [3.05, 3.63) is 47.0 Å².